The first-order valence-corrected chi connectivity index (χ1v) is 8.59. The fourth-order valence-electron chi connectivity index (χ4n) is 3.28. The summed E-state index contributed by atoms with van der Waals surface area (Å²) in [6.07, 6.45) is 0.385. The van der Waals surface area contributed by atoms with Gasteiger partial charge in [-0.25, -0.2) is 0 Å². The van der Waals surface area contributed by atoms with Crippen LogP contribution in [0.1, 0.15) is 20.8 Å². The Kier molecular flexibility index (Phi) is 6.89. The van der Waals surface area contributed by atoms with Crippen molar-refractivity contribution in [2.75, 3.05) is 65.5 Å². The summed E-state index contributed by atoms with van der Waals surface area (Å²) >= 11 is 0. The van der Waals surface area contributed by atoms with E-state index < -0.39 is 0 Å². The van der Waals surface area contributed by atoms with E-state index in [1.807, 2.05) is 0 Å². The van der Waals surface area contributed by atoms with E-state index in [4.69, 9.17) is 10.5 Å². The van der Waals surface area contributed by atoms with E-state index in [1.165, 1.54) is 26.2 Å². The number of nitrogens with zero attached hydrogens (tertiary/aromatic N) is 3. The number of hydrogen-bond acceptors (Lipinski definition) is 5. The maximum atomic E-state index is 5.96. The summed E-state index contributed by atoms with van der Waals surface area (Å²) in [6.45, 7) is 17.5. The van der Waals surface area contributed by atoms with Gasteiger partial charge in [0.1, 0.15) is 0 Å². The lowest BCUT2D eigenvalue weighted by atomic mass is 10.1. The highest BCUT2D eigenvalue weighted by Gasteiger charge is 2.26. The van der Waals surface area contributed by atoms with E-state index in [0.717, 1.165) is 39.3 Å². The Bertz CT molecular complexity index is 292. The summed E-state index contributed by atoms with van der Waals surface area (Å²) in [5.74, 6) is 0.609. The molecule has 21 heavy (non-hydrogen) atoms. The largest absolute Gasteiger partial charge is 0.374 e. The number of nitrogens with two attached hydrogens (primary N) is 1. The van der Waals surface area contributed by atoms with Crippen molar-refractivity contribution in [2.45, 2.75) is 32.9 Å². The van der Waals surface area contributed by atoms with Gasteiger partial charge in [0.05, 0.1) is 12.7 Å². The maximum absolute atomic E-state index is 5.96. The first kappa shape index (κ1) is 17.2. The van der Waals surface area contributed by atoms with Crippen LogP contribution in [-0.2, 0) is 4.74 Å². The van der Waals surface area contributed by atoms with Crippen LogP contribution < -0.4 is 5.73 Å². The van der Waals surface area contributed by atoms with E-state index in [-0.39, 0.29) is 0 Å². The average Bonchev–Trinajstić information content (AvgIpc) is 2.49. The molecule has 2 aliphatic rings. The molecule has 2 N–H and O–H groups in total. The second kappa shape index (κ2) is 8.44. The summed E-state index contributed by atoms with van der Waals surface area (Å²) in [7, 11) is 0. The van der Waals surface area contributed by atoms with Gasteiger partial charge in [0, 0.05) is 58.4 Å². The maximum Gasteiger partial charge on any atom is 0.0829 e. The molecule has 2 fully saturated rings. The molecule has 2 aliphatic heterocycles. The molecule has 0 bridgehead atoms. The van der Waals surface area contributed by atoms with Crippen molar-refractivity contribution >= 4 is 0 Å². The van der Waals surface area contributed by atoms with Gasteiger partial charge in [-0.2, -0.15) is 0 Å². The molecule has 2 atom stereocenters. The lowest BCUT2D eigenvalue weighted by Gasteiger charge is -2.40. The summed E-state index contributed by atoms with van der Waals surface area (Å²) in [4.78, 5) is 7.65. The predicted octanol–water partition coefficient (Wildman–Crippen LogP) is 0.308. The molecule has 0 spiro atoms. The Morgan fingerprint density at radius 3 is 2.33 bits per heavy atom. The van der Waals surface area contributed by atoms with Crippen molar-refractivity contribution in [3.63, 3.8) is 0 Å². The zero-order valence-corrected chi connectivity index (χ0v) is 14.1. The second-order valence-corrected chi connectivity index (χ2v) is 7.02. The SMILES string of the molecule is CC(CN)CN1CCN(CC2CN(C(C)C)CCO2)CC1. The van der Waals surface area contributed by atoms with Crippen LogP contribution in [0, 0.1) is 5.92 Å². The molecule has 124 valence electrons. The first-order chi connectivity index (χ1) is 10.1. The van der Waals surface area contributed by atoms with Crippen LogP contribution in [0.5, 0.6) is 0 Å². The van der Waals surface area contributed by atoms with Gasteiger partial charge in [-0.15, -0.1) is 0 Å². The Hall–Kier alpha value is -0.200. The van der Waals surface area contributed by atoms with E-state index in [0.29, 0.717) is 18.1 Å². The third kappa shape index (κ3) is 5.49. The van der Waals surface area contributed by atoms with Gasteiger partial charge in [-0.1, -0.05) is 6.92 Å². The molecule has 0 aromatic heterocycles. The molecule has 0 saturated carbocycles. The summed E-state index contributed by atoms with van der Waals surface area (Å²) in [5.41, 5.74) is 5.72. The molecular formula is C16H34N4O. The van der Waals surface area contributed by atoms with E-state index in [9.17, 15) is 0 Å². The summed E-state index contributed by atoms with van der Waals surface area (Å²) in [6, 6.07) is 0.631. The summed E-state index contributed by atoms with van der Waals surface area (Å²) < 4.78 is 5.96. The van der Waals surface area contributed by atoms with Crippen LogP contribution in [0.25, 0.3) is 0 Å². The summed E-state index contributed by atoms with van der Waals surface area (Å²) in [5, 5.41) is 0. The van der Waals surface area contributed by atoms with Gasteiger partial charge in [0.25, 0.3) is 0 Å². The topological polar surface area (TPSA) is 45.0 Å². The van der Waals surface area contributed by atoms with Crippen LogP contribution in [-0.4, -0.2) is 92.4 Å². The fourth-order valence-corrected chi connectivity index (χ4v) is 3.28. The third-order valence-corrected chi connectivity index (χ3v) is 4.80. The molecule has 2 saturated heterocycles. The van der Waals surface area contributed by atoms with Gasteiger partial charge in [-0.3, -0.25) is 9.80 Å². The van der Waals surface area contributed by atoms with Crippen molar-refractivity contribution in [1.29, 1.82) is 0 Å². The number of rotatable bonds is 6. The molecule has 2 rings (SSSR count). The molecule has 5 heteroatoms. The second-order valence-electron chi connectivity index (χ2n) is 7.02. The van der Waals surface area contributed by atoms with Crippen LogP contribution in [0.2, 0.25) is 0 Å². The number of hydrogen-bond donors (Lipinski definition) is 1. The highest BCUT2D eigenvalue weighted by Crippen LogP contribution is 2.12. The fraction of sp³-hybridized carbons (Fsp3) is 1.00. The monoisotopic (exact) mass is 298 g/mol. The zero-order chi connectivity index (χ0) is 15.2. The molecule has 0 aliphatic carbocycles. The van der Waals surface area contributed by atoms with Gasteiger partial charge >= 0.3 is 0 Å². The minimum Gasteiger partial charge on any atom is -0.374 e. The highest BCUT2D eigenvalue weighted by molar-refractivity contribution is 4.80. The molecule has 0 amide bonds. The van der Waals surface area contributed by atoms with Gasteiger partial charge in [0.15, 0.2) is 0 Å². The Balaban J connectivity index is 1.68. The third-order valence-electron chi connectivity index (χ3n) is 4.80. The molecule has 2 unspecified atom stereocenters. The molecule has 2 heterocycles. The number of morpholine rings is 1. The Morgan fingerprint density at radius 1 is 1.05 bits per heavy atom. The average molecular weight is 298 g/mol. The van der Waals surface area contributed by atoms with Crippen molar-refractivity contribution in [1.82, 2.24) is 14.7 Å². The van der Waals surface area contributed by atoms with Crippen LogP contribution in [0.3, 0.4) is 0 Å². The molecular weight excluding hydrogens is 264 g/mol. The van der Waals surface area contributed by atoms with E-state index >= 15 is 0 Å². The zero-order valence-electron chi connectivity index (χ0n) is 14.1. The Morgan fingerprint density at radius 2 is 1.71 bits per heavy atom. The van der Waals surface area contributed by atoms with Crippen molar-refractivity contribution < 1.29 is 4.74 Å². The van der Waals surface area contributed by atoms with Crippen LogP contribution in [0.15, 0.2) is 0 Å². The van der Waals surface area contributed by atoms with Crippen molar-refractivity contribution in [3.8, 4) is 0 Å². The van der Waals surface area contributed by atoms with Crippen molar-refractivity contribution in [2.24, 2.45) is 11.7 Å². The predicted molar refractivity (Wildman–Crippen MR) is 87.5 cm³/mol. The Labute approximate surface area is 130 Å². The highest BCUT2D eigenvalue weighted by atomic mass is 16.5. The quantitative estimate of drug-likeness (QED) is 0.764. The molecule has 0 aromatic carbocycles. The van der Waals surface area contributed by atoms with Crippen LogP contribution >= 0.6 is 0 Å². The lowest BCUT2D eigenvalue weighted by molar-refractivity contribution is -0.0566. The standard InChI is InChI=1S/C16H34N4O/c1-14(2)20-8-9-21-16(13-20)12-19-6-4-18(5-7-19)11-15(3)10-17/h14-16H,4-13,17H2,1-3H3. The number of piperazine rings is 1. The van der Waals surface area contributed by atoms with E-state index in [2.05, 4.69) is 35.5 Å². The van der Waals surface area contributed by atoms with E-state index in [1.54, 1.807) is 0 Å². The first-order valence-electron chi connectivity index (χ1n) is 8.59. The molecule has 0 radical (unpaired) electrons. The van der Waals surface area contributed by atoms with Gasteiger partial charge in [-0.05, 0) is 26.3 Å². The minimum atomic E-state index is 0.385. The minimum absolute atomic E-state index is 0.385. The molecule has 0 aromatic rings. The normalized spacial score (nSPS) is 28.1. The lowest BCUT2D eigenvalue weighted by Crippen LogP contribution is -2.54. The number of ether oxygens (including phenoxy) is 1. The van der Waals surface area contributed by atoms with Crippen LogP contribution in [0.4, 0.5) is 0 Å². The smallest absolute Gasteiger partial charge is 0.0829 e. The molecule has 5 nitrogen and oxygen atoms in total. The van der Waals surface area contributed by atoms with Gasteiger partial charge in [0.2, 0.25) is 0 Å². The van der Waals surface area contributed by atoms with Crippen molar-refractivity contribution in [3.05, 3.63) is 0 Å². The van der Waals surface area contributed by atoms with Gasteiger partial charge < -0.3 is 15.4 Å².